The first-order valence-corrected chi connectivity index (χ1v) is 33.2. The third-order valence-electron chi connectivity index (χ3n) is 11.9. The highest BCUT2D eigenvalue weighted by atomic mass is 32.1. The molecule has 0 aromatic carbocycles. The summed E-state index contributed by atoms with van der Waals surface area (Å²) in [7, 11) is -4.68. The number of hydrogen-bond acceptors (Lipinski definition) is 11. The molecule has 5 heterocycles. The summed E-state index contributed by atoms with van der Waals surface area (Å²) in [6, 6.07) is 2.17. The number of carbonyl (C=O) groups excluding carboxylic acids is 1. The van der Waals surface area contributed by atoms with E-state index in [1.807, 2.05) is 49.5 Å². The fourth-order valence-corrected chi connectivity index (χ4v) is 10.9. The van der Waals surface area contributed by atoms with Gasteiger partial charge in [-0.25, -0.2) is 14.8 Å². The molecule has 0 N–H and O–H groups in total. The van der Waals surface area contributed by atoms with Crippen LogP contribution in [0.4, 0.5) is 10.6 Å². The Morgan fingerprint density at radius 2 is 1.50 bits per heavy atom. The van der Waals surface area contributed by atoms with Crippen LogP contribution in [0.2, 0.25) is 69.5 Å². The average Bonchev–Trinajstić information content (AvgIpc) is 3.83. The molecule has 3 aromatic heterocycles. The maximum Gasteiger partial charge on any atom is 0.410 e. The largest absolute Gasteiger partial charge is 0.494 e. The minimum Gasteiger partial charge on any atom is -0.494 e. The predicted octanol–water partition coefficient (Wildman–Crippen LogP) is 11.5. The topological polar surface area (TPSA) is 113 Å². The van der Waals surface area contributed by atoms with E-state index in [-0.39, 0.29) is 29.1 Å². The van der Waals surface area contributed by atoms with Crippen LogP contribution in [0.1, 0.15) is 96.3 Å². The summed E-state index contributed by atoms with van der Waals surface area (Å²) in [5.74, 6) is 1.35. The van der Waals surface area contributed by atoms with Gasteiger partial charge in [0.2, 0.25) is 0 Å². The standard InChI is InChI=1S/C44H76N6O6SSi3/c1-17-54-31(2)38-39(32-24-33-18-19-34(25-32)49(33)42(51)56-43(3,4)5)47-40-35(36-27-45-37(57-36)28-55-60(15,16)44(6,7)8)26-46-50(40)41(38)48(29-52-20-22-58(9,10)11)30-53-21-23-59(12,13)14/h26-27,32-34H,2,17-25,28-30H2,1,3-16H3/t32-,33+,34-. The van der Waals surface area contributed by atoms with Crippen molar-refractivity contribution in [3.63, 3.8) is 0 Å². The Morgan fingerprint density at radius 1 is 0.917 bits per heavy atom. The maximum atomic E-state index is 13.6. The zero-order valence-corrected chi connectivity index (χ0v) is 43.4. The van der Waals surface area contributed by atoms with Crippen LogP contribution in [0, 0.1) is 0 Å². The van der Waals surface area contributed by atoms with E-state index in [1.54, 1.807) is 11.3 Å². The molecule has 2 saturated heterocycles. The zero-order chi connectivity index (χ0) is 44.4. The molecule has 2 fully saturated rings. The Morgan fingerprint density at radius 3 is 2.02 bits per heavy atom. The van der Waals surface area contributed by atoms with Crippen LogP contribution in [0.3, 0.4) is 0 Å². The molecular weight excluding hydrogens is 825 g/mol. The lowest BCUT2D eigenvalue weighted by molar-refractivity contribution is 0.00566. The fraction of sp³-hybridized carbons (Fsp3) is 0.727. The van der Waals surface area contributed by atoms with E-state index in [0.717, 1.165) is 75.9 Å². The van der Waals surface area contributed by atoms with Crippen LogP contribution in [0.15, 0.2) is 19.0 Å². The van der Waals surface area contributed by atoms with Gasteiger partial charge in [0.1, 0.15) is 35.6 Å². The Bertz CT molecular complexity index is 1910. The van der Waals surface area contributed by atoms with E-state index >= 15 is 0 Å². The van der Waals surface area contributed by atoms with Crippen LogP contribution in [-0.2, 0) is 30.0 Å². The van der Waals surface area contributed by atoms with Crippen molar-refractivity contribution >= 4 is 59.1 Å². The van der Waals surface area contributed by atoms with Crippen LogP contribution in [0.25, 0.3) is 21.8 Å². The van der Waals surface area contributed by atoms with Gasteiger partial charge in [-0.05, 0) is 83.6 Å². The predicted molar refractivity (Wildman–Crippen MR) is 254 cm³/mol. The number of piperidine rings is 1. The molecule has 1 amide bonds. The summed E-state index contributed by atoms with van der Waals surface area (Å²) >= 11 is 1.63. The zero-order valence-electron chi connectivity index (χ0n) is 39.6. The number of nitrogens with zero attached hydrogens (tertiary/aromatic N) is 6. The molecule has 3 atom stereocenters. The van der Waals surface area contributed by atoms with E-state index in [2.05, 4.69) is 84.6 Å². The second-order valence-electron chi connectivity index (χ2n) is 21.7. The van der Waals surface area contributed by atoms with E-state index < -0.39 is 30.1 Å². The molecule has 0 spiro atoms. The quantitative estimate of drug-likeness (QED) is 0.0499. The lowest BCUT2D eigenvalue weighted by atomic mass is 9.85. The van der Waals surface area contributed by atoms with Gasteiger partial charge in [0.15, 0.2) is 14.0 Å². The number of rotatable bonds is 19. The number of carbonyl (C=O) groups is 1. The van der Waals surface area contributed by atoms with Crippen molar-refractivity contribution < 1.29 is 28.2 Å². The summed E-state index contributed by atoms with van der Waals surface area (Å²) in [4.78, 5) is 29.1. The summed E-state index contributed by atoms with van der Waals surface area (Å²) in [6.45, 7) is 40.7. The fourth-order valence-electron chi connectivity index (χ4n) is 7.51. The first-order valence-electron chi connectivity index (χ1n) is 22.0. The molecule has 2 aliphatic heterocycles. The van der Waals surface area contributed by atoms with E-state index in [9.17, 15) is 4.79 Å². The van der Waals surface area contributed by atoms with E-state index in [4.69, 9.17) is 38.4 Å². The van der Waals surface area contributed by atoms with Crippen molar-refractivity contribution in [1.82, 2.24) is 24.5 Å². The molecule has 16 heteroatoms. The second-order valence-corrected chi connectivity index (χ2v) is 38.9. The van der Waals surface area contributed by atoms with Crippen molar-refractivity contribution in [3.05, 3.63) is 35.2 Å². The van der Waals surface area contributed by atoms with Gasteiger partial charge in [0, 0.05) is 53.6 Å². The van der Waals surface area contributed by atoms with Crippen molar-refractivity contribution in [2.24, 2.45) is 0 Å². The molecule has 2 bridgehead atoms. The van der Waals surface area contributed by atoms with Crippen molar-refractivity contribution in [2.75, 3.05) is 38.2 Å². The molecule has 0 radical (unpaired) electrons. The normalized spacial score (nSPS) is 19.0. The molecule has 60 heavy (non-hydrogen) atoms. The first kappa shape index (κ1) is 48.4. The van der Waals surface area contributed by atoms with Crippen LogP contribution < -0.4 is 4.90 Å². The van der Waals surface area contributed by atoms with E-state index in [0.29, 0.717) is 45.6 Å². The summed E-state index contributed by atoms with van der Waals surface area (Å²) < 4.78 is 33.8. The number of anilines is 1. The highest BCUT2D eigenvalue weighted by molar-refractivity contribution is 7.15. The number of amides is 1. The number of ether oxygens (including phenoxy) is 4. The van der Waals surface area contributed by atoms with Crippen LogP contribution >= 0.6 is 11.3 Å². The molecule has 2 aliphatic rings. The first-order chi connectivity index (χ1) is 27.8. The number of thiazole rings is 1. The molecular formula is C44H76N6O6SSi3. The molecule has 0 aliphatic carbocycles. The van der Waals surface area contributed by atoms with Crippen molar-refractivity contribution in [1.29, 1.82) is 0 Å². The molecule has 336 valence electrons. The number of fused-ring (bicyclic) bond motifs is 3. The second kappa shape index (κ2) is 19.0. The van der Waals surface area contributed by atoms with Gasteiger partial charge in [-0.2, -0.15) is 9.61 Å². The van der Waals surface area contributed by atoms with Gasteiger partial charge >= 0.3 is 6.09 Å². The molecule has 12 nitrogen and oxygen atoms in total. The number of hydrogen-bond donors (Lipinski definition) is 0. The lowest BCUT2D eigenvalue weighted by Crippen LogP contribution is -2.48. The Kier molecular flexibility index (Phi) is 15.3. The maximum absolute atomic E-state index is 13.6. The van der Waals surface area contributed by atoms with Gasteiger partial charge in [-0.3, -0.25) is 0 Å². The minimum absolute atomic E-state index is 0.0253. The minimum atomic E-state index is -1.98. The van der Waals surface area contributed by atoms with Gasteiger partial charge in [-0.1, -0.05) is 66.6 Å². The van der Waals surface area contributed by atoms with Crippen LogP contribution in [-0.4, -0.2) is 106 Å². The van der Waals surface area contributed by atoms with Crippen molar-refractivity contribution in [3.8, 4) is 10.4 Å². The summed E-state index contributed by atoms with van der Waals surface area (Å²) in [6.07, 6.45) is 6.96. The van der Waals surface area contributed by atoms with Gasteiger partial charge in [-0.15, -0.1) is 11.3 Å². The number of aromatic nitrogens is 4. The summed E-state index contributed by atoms with van der Waals surface area (Å²) in [5.41, 5.74) is 2.77. The van der Waals surface area contributed by atoms with Gasteiger partial charge < -0.3 is 33.2 Å². The third-order valence-corrected chi connectivity index (χ3v) is 20.8. The molecule has 3 aromatic rings. The van der Waals surface area contributed by atoms with E-state index in [1.165, 1.54) is 0 Å². The average molecular weight is 901 g/mol. The SMILES string of the molecule is C=C(OCC)c1c([C@H]2C[C@H]3CC[C@@H](C2)N3C(=O)OC(C)(C)C)nc2c(-c3cnc(CO[Si](C)(C)C(C)(C)C)s3)cnn2c1N(COCC[Si](C)(C)C)COCC[Si](C)(C)C. The smallest absolute Gasteiger partial charge is 0.410 e. The third kappa shape index (κ3) is 12.3. The molecule has 0 unspecified atom stereocenters. The molecule has 0 saturated carbocycles. The van der Waals surface area contributed by atoms with Gasteiger partial charge in [0.25, 0.3) is 0 Å². The highest BCUT2D eigenvalue weighted by Gasteiger charge is 2.47. The highest BCUT2D eigenvalue weighted by Crippen LogP contribution is 2.47. The van der Waals surface area contributed by atoms with Crippen LogP contribution in [0.5, 0.6) is 0 Å². The monoisotopic (exact) mass is 900 g/mol. The summed E-state index contributed by atoms with van der Waals surface area (Å²) in [5, 5.41) is 6.11. The Labute approximate surface area is 367 Å². The lowest BCUT2D eigenvalue weighted by Gasteiger charge is -2.40. The van der Waals surface area contributed by atoms with Crippen molar-refractivity contribution in [2.45, 2.75) is 174 Å². The Balaban J connectivity index is 1.65. The molecule has 5 rings (SSSR count). The van der Waals surface area contributed by atoms with Gasteiger partial charge in [0.05, 0.1) is 41.1 Å². The Hall–Kier alpha value is -2.61.